The highest BCUT2D eigenvalue weighted by Gasteiger charge is 2.32. The molecule has 2 aromatic heterocycles. The molecule has 134 valence electrons. The summed E-state index contributed by atoms with van der Waals surface area (Å²) in [6, 6.07) is 3.22. The molecule has 1 N–H and O–H groups in total. The molecule has 1 fully saturated rings. The van der Waals surface area contributed by atoms with Gasteiger partial charge in [-0.25, -0.2) is 13.2 Å². The van der Waals surface area contributed by atoms with Gasteiger partial charge in [-0.05, 0) is 11.4 Å². The van der Waals surface area contributed by atoms with E-state index in [-0.39, 0.29) is 41.6 Å². The number of carbonyl (C=O) groups is 2. The molecule has 25 heavy (non-hydrogen) atoms. The normalized spacial score (nSPS) is 16.1. The predicted molar refractivity (Wildman–Crippen MR) is 89.1 cm³/mol. The maximum Gasteiger partial charge on any atom is 0.357 e. The average molecular weight is 384 g/mol. The van der Waals surface area contributed by atoms with E-state index in [2.05, 4.69) is 5.10 Å². The van der Waals surface area contributed by atoms with Gasteiger partial charge in [-0.3, -0.25) is 9.48 Å². The fourth-order valence-electron chi connectivity index (χ4n) is 2.64. The van der Waals surface area contributed by atoms with Crippen LogP contribution in [0.15, 0.2) is 27.9 Å². The van der Waals surface area contributed by atoms with Crippen molar-refractivity contribution >= 4 is 33.2 Å². The zero-order valence-electron chi connectivity index (χ0n) is 13.3. The highest BCUT2D eigenvalue weighted by Crippen LogP contribution is 2.22. The minimum absolute atomic E-state index is 0.00423. The number of carboxylic acid groups (broad SMARTS) is 1. The molecule has 0 spiro atoms. The molecule has 0 atom stereocenters. The van der Waals surface area contributed by atoms with Crippen LogP contribution in [0, 0.1) is 0 Å². The van der Waals surface area contributed by atoms with E-state index < -0.39 is 21.9 Å². The van der Waals surface area contributed by atoms with E-state index in [1.807, 2.05) is 0 Å². The van der Waals surface area contributed by atoms with Crippen LogP contribution in [0.2, 0.25) is 0 Å². The lowest BCUT2D eigenvalue weighted by Gasteiger charge is -2.33. The quantitative estimate of drug-likeness (QED) is 0.813. The SMILES string of the molecule is Cn1cc(C(=O)N2CCN(S(=O)(=O)c3cccs3)CC2)c(C(=O)O)n1. The van der Waals surface area contributed by atoms with E-state index in [9.17, 15) is 18.0 Å². The predicted octanol–water partition coefficient (Wildman–Crippen LogP) is 0.326. The van der Waals surface area contributed by atoms with Crippen LogP contribution in [-0.2, 0) is 17.1 Å². The van der Waals surface area contributed by atoms with Crippen LogP contribution in [0.5, 0.6) is 0 Å². The summed E-state index contributed by atoms with van der Waals surface area (Å²) in [4.78, 5) is 25.2. The number of aromatic nitrogens is 2. The third kappa shape index (κ3) is 3.30. The van der Waals surface area contributed by atoms with E-state index in [0.29, 0.717) is 0 Å². The molecule has 0 aromatic carbocycles. The first-order valence-corrected chi connectivity index (χ1v) is 9.72. The maximum absolute atomic E-state index is 12.6. The van der Waals surface area contributed by atoms with Crippen LogP contribution in [0.25, 0.3) is 0 Å². The van der Waals surface area contributed by atoms with Gasteiger partial charge in [-0.2, -0.15) is 9.40 Å². The number of sulfonamides is 1. The summed E-state index contributed by atoms with van der Waals surface area (Å²) in [5.74, 6) is -1.73. The third-order valence-electron chi connectivity index (χ3n) is 3.88. The Morgan fingerprint density at radius 1 is 1.24 bits per heavy atom. The zero-order chi connectivity index (χ0) is 18.2. The van der Waals surface area contributed by atoms with E-state index in [4.69, 9.17) is 5.11 Å². The Bertz CT molecular complexity index is 896. The number of carboxylic acids is 1. The number of piperazine rings is 1. The summed E-state index contributed by atoms with van der Waals surface area (Å²) in [5, 5.41) is 14.6. The van der Waals surface area contributed by atoms with Gasteiger partial charge in [-0.1, -0.05) is 6.07 Å². The second-order valence-electron chi connectivity index (χ2n) is 5.50. The number of nitrogens with zero attached hydrogens (tertiary/aromatic N) is 4. The zero-order valence-corrected chi connectivity index (χ0v) is 15.0. The van der Waals surface area contributed by atoms with Gasteiger partial charge in [-0.15, -0.1) is 11.3 Å². The van der Waals surface area contributed by atoms with Crippen molar-refractivity contribution in [3.63, 3.8) is 0 Å². The molecule has 11 heteroatoms. The second-order valence-corrected chi connectivity index (χ2v) is 8.61. The molecule has 2 aromatic rings. The number of hydrogen-bond acceptors (Lipinski definition) is 6. The molecule has 3 rings (SSSR count). The van der Waals surface area contributed by atoms with Crippen molar-refractivity contribution in [2.45, 2.75) is 4.21 Å². The molecule has 9 nitrogen and oxygen atoms in total. The van der Waals surface area contributed by atoms with Gasteiger partial charge in [0.25, 0.3) is 15.9 Å². The second kappa shape index (κ2) is 6.58. The van der Waals surface area contributed by atoms with Crippen LogP contribution >= 0.6 is 11.3 Å². The Hall–Kier alpha value is -2.24. The van der Waals surface area contributed by atoms with Crippen LogP contribution in [-0.4, -0.2) is 70.6 Å². The fraction of sp³-hybridized carbons (Fsp3) is 0.357. The molecule has 0 unspecified atom stereocenters. The summed E-state index contributed by atoms with van der Waals surface area (Å²) in [5.41, 5.74) is -0.300. The number of hydrogen-bond donors (Lipinski definition) is 1. The number of carbonyl (C=O) groups excluding carboxylic acids is 1. The van der Waals surface area contributed by atoms with Crippen LogP contribution in [0.4, 0.5) is 0 Å². The van der Waals surface area contributed by atoms with Gasteiger partial charge in [0.15, 0.2) is 5.69 Å². The summed E-state index contributed by atoms with van der Waals surface area (Å²) < 4.78 is 27.8. The lowest BCUT2D eigenvalue weighted by Crippen LogP contribution is -2.50. The first kappa shape index (κ1) is 17.6. The first-order chi connectivity index (χ1) is 11.8. The lowest BCUT2D eigenvalue weighted by atomic mass is 10.2. The molecule has 1 amide bonds. The van der Waals surface area contributed by atoms with Crippen molar-refractivity contribution in [1.29, 1.82) is 0 Å². The third-order valence-corrected chi connectivity index (χ3v) is 7.15. The molecule has 3 heterocycles. The molecule has 0 saturated carbocycles. The van der Waals surface area contributed by atoms with E-state index in [1.165, 1.54) is 27.1 Å². The molecule has 1 aliphatic heterocycles. The number of aryl methyl sites for hydroxylation is 1. The Kier molecular flexibility index (Phi) is 4.62. The Morgan fingerprint density at radius 3 is 2.48 bits per heavy atom. The van der Waals surface area contributed by atoms with Gasteiger partial charge >= 0.3 is 5.97 Å². The van der Waals surface area contributed by atoms with Crippen molar-refractivity contribution in [3.05, 3.63) is 35.0 Å². The highest BCUT2D eigenvalue weighted by molar-refractivity contribution is 7.91. The summed E-state index contributed by atoms with van der Waals surface area (Å²) in [6.07, 6.45) is 1.36. The van der Waals surface area contributed by atoms with Crippen molar-refractivity contribution in [2.24, 2.45) is 7.05 Å². The molecule has 0 bridgehead atoms. The number of aromatic carboxylic acids is 1. The minimum Gasteiger partial charge on any atom is -0.476 e. The first-order valence-electron chi connectivity index (χ1n) is 7.40. The van der Waals surface area contributed by atoms with Crippen molar-refractivity contribution < 1.29 is 23.1 Å². The topological polar surface area (TPSA) is 113 Å². The molecule has 1 saturated heterocycles. The minimum atomic E-state index is -3.55. The maximum atomic E-state index is 12.6. The van der Waals surface area contributed by atoms with Crippen LogP contribution < -0.4 is 0 Å². The summed E-state index contributed by atoms with van der Waals surface area (Å²) in [7, 11) is -2.01. The van der Waals surface area contributed by atoms with Gasteiger partial charge < -0.3 is 10.0 Å². The number of rotatable bonds is 4. The summed E-state index contributed by atoms with van der Waals surface area (Å²) in [6.45, 7) is 0.706. The van der Waals surface area contributed by atoms with Crippen molar-refractivity contribution in [1.82, 2.24) is 19.0 Å². The molecule has 1 aliphatic rings. The van der Waals surface area contributed by atoms with Crippen molar-refractivity contribution in [2.75, 3.05) is 26.2 Å². The van der Waals surface area contributed by atoms with Crippen LogP contribution in [0.3, 0.4) is 0 Å². The Labute approximate surface area is 148 Å². The van der Waals surface area contributed by atoms with Gasteiger partial charge in [0.1, 0.15) is 4.21 Å². The number of thiophene rings is 1. The lowest BCUT2D eigenvalue weighted by molar-refractivity contribution is 0.0652. The largest absolute Gasteiger partial charge is 0.476 e. The van der Waals surface area contributed by atoms with Gasteiger partial charge in [0, 0.05) is 39.4 Å². The monoisotopic (exact) mass is 384 g/mol. The number of amides is 1. The molecule has 0 radical (unpaired) electrons. The molecule has 0 aliphatic carbocycles. The van der Waals surface area contributed by atoms with Crippen LogP contribution in [0.1, 0.15) is 20.8 Å². The van der Waals surface area contributed by atoms with Gasteiger partial charge in [0.2, 0.25) is 0 Å². The van der Waals surface area contributed by atoms with E-state index in [0.717, 1.165) is 11.3 Å². The fourth-order valence-corrected chi connectivity index (χ4v) is 5.21. The Balaban J connectivity index is 1.73. The van der Waals surface area contributed by atoms with E-state index >= 15 is 0 Å². The summed E-state index contributed by atoms with van der Waals surface area (Å²) >= 11 is 1.15. The highest BCUT2D eigenvalue weighted by atomic mass is 32.2. The average Bonchev–Trinajstić information content (AvgIpc) is 3.24. The standard InChI is InChI=1S/C14H16N4O5S2/c1-16-9-10(12(15-16)14(20)21)13(19)17-4-6-18(7-5-17)25(22,23)11-3-2-8-24-11/h2-3,8-9H,4-7H2,1H3,(H,20,21). The van der Waals surface area contributed by atoms with E-state index in [1.54, 1.807) is 17.5 Å². The smallest absolute Gasteiger partial charge is 0.357 e. The molecular formula is C14H16N4O5S2. The molecular weight excluding hydrogens is 368 g/mol. The van der Waals surface area contributed by atoms with Crippen molar-refractivity contribution in [3.8, 4) is 0 Å². The van der Waals surface area contributed by atoms with Gasteiger partial charge in [0.05, 0.1) is 5.56 Å². The Morgan fingerprint density at radius 2 is 1.92 bits per heavy atom.